The SMILES string of the molecule is C[Si]1(C)ON1C(=O)C(N)=O. The van der Waals surface area contributed by atoms with Gasteiger partial charge in [-0.1, -0.05) is 0 Å². The second-order valence-corrected chi connectivity index (χ2v) is 5.98. The zero-order chi connectivity index (χ0) is 7.94. The van der Waals surface area contributed by atoms with Gasteiger partial charge in [-0.05, 0) is 13.1 Å². The van der Waals surface area contributed by atoms with Gasteiger partial charge >= 0.3 is 20.3 Å². The lowest BCUT2D eigenvalue weighted by atomic mass is 10.6. The highest BCUT2D eigenvalue weighted by molar-refractivity contribution is 6.78. The van der Waals surface area contributed by atoms with Crippen molar-refractivity contribution in [2.24, 2.45) is 5.73 Å². The number of nitrogens with two attached hydrogens (primary N) is 1. The quantitative estimate of drug-likeness (QED) is 0.279. The van der Waals surface area contributed by atoms with Crippen molar-refractivity contribution in [3.05, 3.63) is 0 Å². The Hall–Kier alpha value is -0.883. The van der Waals surface area contributed by atoms with E-state index in [2.05, 4.69) is 0 Å². The van der Waals surface area contributed by atoms with Crippen LogP contribution >= 0.6 is 0 Å². The van der Waals surface area contributed by atoms with Crippen molar-refractivity contribution < 1.29 is 14.1 Å². The molecule has 0 saturated carbocycles. The average molecular weight is 160 g/mol. The molecule has 1 aliphatic heterocycles. The predicted octanol–water partition coefficient (Wildman–Crippen LogP) is -1.05. The van der Waals surface area contributed by atoms with Gasteiger partial charge in [0.05, 0.1) is 0 Å². The fraction of sp³-hybridized carbons (Fsp3) is 0.500. The van der Waals surface area contributed by atoms with Crippen LogP contribution in [0.3, 0.4) is 0 Å². The van der Waals surface area contributed by atoms with E-state index in [1.807, 2.05) is 0 Å². The van der Waals surface area contributed by atoms with Gasteiger partial charge in [0, 0.05) is 0 Å². The molecule has 6 heteroatoms. The molecule has 1 saturated heterocycles. The molecule has 1 aliphatic rings. The summed E-state index contributed by atoms with van der Waals surface area (Å²) in [5, 5.41) is 0. The topological polar surface area (TPSA) is 75.7 Å². The van der Waals surface area contributed by atoms with Gasteiger partial charge in [0.15, 0.2) is 0 Å². The van der Waals surface area contributed by atoms with Crippen LogP contribution in [0.2, 0.25) is 13.1 Å². The zero-order valence-corrected chi connectivity index (χ0v) is 6.75. The number of hydrogen-bond donors (Lipinski definition) is 1. The van der Waals surface area contributed by atoms with Gasteiger partial charge in [0.2, 0.25) is 0 Å². The summed E-state index contributed by atoms with van der Waals surface area (Å²) in [5.41, 5.74) is 4.71. The van der Waals surface area contributed by atoms with Gasteiger partial charge in [-0.15, -0.1) is 0 Å². The van der Waals surface area contributed by atoms with Crippen LogP contribution in [0.15, 0.2) is 0 Å². The van der Waals surface area contributed by atoms with Crippen LogP contribution in [-0.2, 0) is 14.1 Å². The lowest BCUT2D eigenvalue weighted by Crippen LogP contribution is -2.33. The molecule has 0 aromatic heterocycles. The fourth-order valence-electron chi connectivity index (χ4n) is 0.589. The number of hydroxylamine groups is 1. The van der Waals surface area contributed by atoms with E-state index in [1.54, 1.807) is 13.1 Å². The number of primary amides is 1. The normalized spacial score (nSPS) is 20.4. The maximum atomic E-state index is 10.7. The van der Waals surface area contributed by atoms with E-state index in [-0.39, 0.29) is 0 Å². The van der Waals surface area contributed by atoms with Crippen LogP contribution < -0.4 is 5.73 Å². The first-order chi connectivity index (χ1) is 4.45. The largest absolute Gasteiger partial charge is 0.361 e. The first-order valence-corrected chi connectivity index (χ1v) is 5.64. The lowest BCUT2D eigenvalue weighted by Gasteiger charge is -1.93. The molecule has 0 bridgehead atoms. The molecular weight excluding hydrogens is 152 g/mol. The maximum Gasteiger partial charge on any atom is 0.352 e. The van der Waals surface area contributed by atoms with Crippen LogP contribution in [0.4, 0.5) is 0 Å². The Kier molecular flexibility index (Phi) is 1.30. The molecule has 0 atom stereocenters. The van der Waals surface area contributed by atoms with E-state index in [9.17, 15) is 9.59 Å². The van der Waals surface area contributed by atoms with Crippen LogP contribution in [0, 0.1) is 0 Å². The molecule has 0 spiro atoms. The average Bonchev–Trinajstić information content (AvgIpc) is 2.38. The van der Waals surface area contributed by atoms with Crippen molar-refractivity contribution in [1.29, 1.82) is 0 Å². The van der Waals surface area contributed by atoms with E-state index in [4.69, 9.17) is 10.3 Å². The number of amides is 2. The Balaban J connectivity index is 2.56. The first kappa shape index (κ1) is 7.23. The number of carbonyl (C=O) groups is 2. The molecule has 0 aromatic rings. The molecule has 0 aliphatic carbocycles. The third kappa shape index (κ3) is 1.03. The van der Waals surface area contributed by atoms with Crippen molar-refractivity contribution in [3.63, 3.8) is 0 Å². The van der Waals surface area contributed by atoms with E-state index >= 15 is 0 Å². The third-order valence-corrected chi connectivity index (χ3v) is 2.91. The van der Waals surface area contributed by atoms with E-state index in [1.165, 1.54) is 0 Å². The highest BCUT2D eigenvalue weighted by atomic mass is 28.4. The Morgan fingerprint density at radius 2 is 1.90 bits per heavy atom. The Morgan fingerprint density at radius 3 is 2.00 bits per heavy atom. The summed E-state index contributed by atoms with van der Waals surface area (Å²) in [6.07, 6.45) is 0. The standard InChI is InChI=1S/C4H8N2O3Si/c1-10(2)6(9-10)4(8)3(5)7/h1-2H3,(H2,5,7). The summed E-state index contributed by atoms with van der Waals surface area (Å²) in [6.45, 7) is 3.60. The molecule has 0 radical (unpaired) electrons. The van der Waals surface area contributed by atoms with E-state index in [0.29, 0.717) is 0 Å². The second kappa shape index (κ2) is 1.80. The minimum absolute atomic E-state index is 0.739. The molecule has 0 unspecified atom stereocenters. The molecule has 10 heavy (non-hydrogen) atoms. The summed E-state index contributed by atoms with van der Waals surface area (Å²) in [5.74, 6) is -1.70. The highest BCUT2D eigenvalue weighted by Gasteiger charge is 2.55. The van der Waals surface area contributed by atoms with Crippen molar-refractivity contribution in [2.45, 2.75) is 13.1 Å². The van der Waals surface area contributed by atoms with Gasteiger partial charge in [-0.3, -0.25) is 14.1 Å². The van der Waals surface area contributed by atoms with Crippen molar-refractivity contribution >= 4 is 20.3 Å². The number of rotatable bonds is 0. The smallest absolute Gasteiger partial charge is 0.352 e. The van der Waals surface area contributed by atoms with Gasteiger partial charge in [-0.25, -0.2) is 4.73 Å². The minimum Gasteiger partial charge on any atom is -0.361 e. The minimum atomic E-state index is -1.93. The molecule has 56 valence electrons. The molecule has 1 heterocycles. The summed E-state index contributed by atoms with van der Waals surface area (Å²) in [7, 11) is -1.93. The molecule has 2 amide bonds. The van der Waals surface area contributed by atoms with Crippen molar-refractivity contribution in [3.8, 4) is 0 Å². The number of nitrogens with zero attached hydrogens (tertiary/aromatic N) is 1. The molecular formula is C4H8N2O3Si. The summed E-state index contributed by atoms with van der Waals surface area (Å²) in [6, 6.07) is 0. The Bertz CT molecular complexity index is 203. The lowest BCUT2D eigenvalue weighted by molar-refractivity contribution is -0.144. The maximum absolute atomic E-state index is 10.7. The van der Waals surface area contributed by atoms with Crippen molar-refractivity contribution in [2.75, 3.05) is 0 Å². The second-order valence-electron chi connectivity index (χ2n) is 2.50. The summed E-state index contributed by atoms with van der Waals surface area (Å²) >= 11 is 0. The number of hydrogen-bond acceptors (Lipinski definition) is 3. The van der Waals surface area contributed by atoms with Gasteiger partial charge < -0.3 is 5.73 Å². The molecule has 0 aromatic carbocycles. The van der Waals surface area contributed by atoms with E-state index in [0.717, 1.165) is 4.73 Å². The molecule has 1 rings (SSSR count). The van der Waals surface area contributed by atoms with Crippen molar-refractivity contribution in [1.82, 2.24) is 4.73 Å². The van der Waals surface area contributed by atoms with Gasteiger partial charge in [0.25, 0.3) is 0 Å². The van der Waals surface area contributed by atoms with Gasteiger partial charge in [-0.2, -0.15) is 0 Å². The summed E-state index contributed by atoms with van der Waals surface area (Å²) < 4.78 is 5.93. The highest BCUT2D eigenvalue weighted by Crippen LogP contribution is 2.28. The summed E-state index contributed by atoms with van der Waals surface area (Å²) in [4.78, 5) is 20.9. The number of carbonyl (C=O) groups excluding carboxylic acids is 2. The third-order valence-electron chi connectivity index (χ3n) is 1.17. The Labute approximate surface area is 58.9 Å². The fourth-order valence-corrected chi connectivity index (χ4v) is 2.22. The monoisotopic (exact) mass is 160 g/mol. The van der Waals surface area contributed by atoms with E-state index < -0.39 is 20.3 Å². The van der Waals surface area contributed by atoms with Crippen LogP contribution in [0.1, 0.15) is 0 Å². The zero-order valence-electron chi connectivity index (χ0n) is 5.75. The molecule has 1 fully saturated rings. The predicted molar refractivity (Wildman–Crippen MR) is 34.6 cm³/mol. The molecule has 2 N–H and O–H groups in total. The van der Waals surface area contributed by atoms with Gasteiger partial charge in [0.1, 0.15) is 0 Å². The Morgan fingerprint density at radius 1 is 1.50 bits per heavy atom. The van der Waals surface area contributed by atoms with Crippen LogP contribution in [0.25, 0.3) is 0 Å². The first-order valence-electron chi connectivity index (χ1n) is 2.78. The van der Waals surface area contributed by atoms with Crippen LogP contribution in [-0.4, -0.2) is 25.0 Å². The molecule has 5 nitrogen and oxygen atoms in total. The van der Waals surface area contributed by atoms with Crippen LogP contribution in [0.5, 0.6) is 0 Å².